The summed E-state index contributed by atoms with van der Waals surface area (Å²) in [6, 6.07) is 6.91. The highest BCUT2D eigenvalue weighted by molar-refractivity contribution is 5.29. The van der Waals surface area contributed by atoms with Gasteiger partial charge in [0, 0.05) is 6.04 Å². The van der Waals surface area contributed by atoms with Crippen molar-refractivity contribution in [1.29, 1.82) is 0 Å². The average Bonchev–Trinajstić information content (AvgIpc) is 2.96. The molecule has 0 aliphatic heterocycles. The molecule has 0 heterocycles. The minimum atomic E-state index is 0.274. The molecular formula is C38H74N2. The fourth-order valence-electron chi connectivity index (χ4n) is 4.22. The van der Waals surface area contributed by atoms with Gasteiger partial charge in [-0.1, -0.05) is 192 Å². The van der Waals surface area contributed by atoms with Crippen LogP contribution in [0.25, 0.3) is 0 Å². The Hall–Kier alpha value is -1.64. The minimum Gasteiger partial charge on any atom is -0.260 e. The van der Waals surface area contributed by atoms with E-state index in [0.717, 1.165) is 6.42 Å². The Kier molecular flexibility index (Phi) is 47.4. The van der Waals surface area contributed by atoms with Crippen LogP contribution in [0.3, 0.4) is 0 Å². The molecule has 0 saturated carbocycles. The first kappa shape index (κ1) is 45.4. The van der Waals surface area contributed by atoms with Crippen molar-refractivity contribution in [1.82, 2.24) is 10.9 Å². The fraction of sp³-hybridized carbons (Fsp3) is 0.684. The van der Waals surface area contributed by atoms with Gasteiger partial charge in [0.1, 0.15) is 0 Å². The predicted molar refractivity (Wildman–Crippen MR) is 189 cm³/mol. The van der Waals surface area contributed by atoms with E-state index in [1.807, 2.05) is 59.9 Å². The van der Waals surface area contributed by atoms with Crippen molar-refractivity contribution in [3.05, 3.63) is 72.4 Å². The van der Waals surface area contributed by atoms with E-state index >= 15 is 0 Å². The van der Waals surface area contributed by atoms with Gasteiger partial charge in [0.15, 0.2) is 0 Å². The van der Waals surface area contributed by atoms with Crippen LogP contribution in [0, 0.1) is 13.8 Å². The number of hydrazine groups is 1. The topological polar surface area (TPSA) is 24.1 Å². The molecule has 0 aliphatic carbocycles. The van der Waals surface area contributed by atoms with Gasteiger partial charge in [-0.05, 0) is 39.8 Å². The lowest BCUT2D eigenvalue weighted by molar-refractivity contribution is 0.521. The van der Waals surface area contributed by atoms with Crippen LogP contribution in [0.2, 0.25) is 0 Å². The van der Waals surface area contributed by atoms with Gasteiger partial charge in [0.2, 0.25) is 0 Å². The third-order valence-corrected chi connectivity index (χ3v) is 6.14. The van der Waals surface area contributed by atoms with Crippen LogP contribution in [-0.4, -0.2) is 13.1 Å². The van der Waals surface area contributed by atoms with E-state index in [1.54, 1.807) is 6.08 Å². The van der Waals surface area contributed by atoms with Gasteiger partial charge in [-0.3, -0.25) is 10.9 Å². The lowest BCUT2D eigenvalue weighted by Crippen LogP contribution is -2.38. The minimum absolute atomic E-state index is 0.274. The zero-order chi connectivity index (χ0) is 31.3. The lowest BCUT2D eigenvalue weighted by atomic mass is 10.0. The first-order chi connectivity index (χ1) is 19.5. The van der Waals surface area contributed by atoms with Crippen molar-refractivity contribution in [3.8, 4) is 0 Å². The van der Waals surface area contributed by atoms with Crippen LogP contribution in [0.1, 0.15) is 155 Å². The van der Waals surface area contributed by atoms with Gasteiger partial charge in [0.25, 0.3) is 0 Å². The average molecular weight is 559 g/mol. The third kappa shape index (κ3) is 38.5. The van der Waals surface area contributed by atoms with Crippen molar-refractivity contribution in [2.24, 2.45) is 0 Å². The number of hydrogen-bond acceptors (Lipinski definition) is 2. The van der Waals surface area contributed by atoms with Crippen LogP contribution >= 0.6 is 0 Å². The molecule has 0 spiro atoms. The molecule has 0 bridgehead atoms. The van der Waals surface area contributed by atoms with Crippen molar-refractivity contribution in [3.63, 3.8) is 0 Å². The second-order valence-corrected chi connectivity index (χ2v) is 9.94. The summed E-state index contributed by atoms with van der Waals surface area (Å²) >= 11 is 0. The molecule has 0 fully saturated rings. The fourth-order valence-corrected chi connectivity index (χ4v) is 4.22. The maximum absolute atomic E-state index is 3.82. The number of rotatable bonds is 19. The zero-order valence-corrected chi connectivity index (χ0v) is 29.1. The second-order valence-electron chi connectivity index (χ2n) is 9.94. The van der Waals surface area contributed by atoms with Crippen molar-refractivity contribution in [2.45, 2.75) is 165 Å². The summed E-state index contributed by atoms with van der Waals surface area (Å²) in [6.45, 7) is 26.1. The van der Waals surface area contributed by atoms with E-state index in [9.17, 15) is 0 Å². The van der Waals surface area contributed by atoms with E-state index in [4.69, 9.17) is 0 Å². The third-order valence-electron chi connectivity index (χ3n) is 6.14. The van der Waals surface area contributed by atoms with Gasteiger partial charge >= 0.3 is 0 Å². The molecule has 236 valence electrons. The van der Waals surface area contributed by atoms with Gasteiger partial charge < -0.3 is 0 Å². The highest BCUT2D eigenvalue weighted by Gasteiger charge is 2.04. The molecule has 0 amide bonds. The molecule has 2 nitrogen and oxygen atoms in total. The van der Waals surface area contributed by atoms with Crippen molar-refractivity contribution < 1.29 is 0 Å². The maximum atomic E-state index is 3.82. The summed E-state index contributed by atoms with van der Waals surface area (Å²) in [5.74, 6) is 0. The summed E-state index contributed by atoms with van der Waals surface area (Å²) in [5.41, 5.74) is 10.1. The Labute approximate surface area is 254 Å². The van der Waals surface area contributed by atoms with Crippen LogP contribution in [0.4, 0.5) is 0 Å². The molecule has 1 atom stereocenters. The first-order valence-electron chi connectivity index (χ1n) is 16.8. The standard InChI is InChI=1S/C16H34.C13H20N2.C5H8.2C2H6/c1-3-5-7-9-11-13-15-16-14-12-10-8-6-4-2;1-5-13(15-14-4)9-12-7-10(2)6-11(3)8-12;1-3-5-4-2;2*1-2/h3-16H2,1-2H3;5-8,13-15H,1,9H2,2-4H3;3-5H,1H2,2H3;2*1-2H3/b;;5-4-;;. The number of hydrogen-bond donors (Lipinski definition) is 2. The number of nitrogens with one attached hydrogen (secondary N) is 2. The number of benzene rings is 1. The first-order valence-corrected chi connectivity index (χ1v) is 16.8. The van der Waals surface area contributed by atoms with Crippen LogP contribution < -0.4 is 10.9 Å². The second kappa shape index (κ2) is 41.8. The summed E-state index contributed by atoms with van der Waals surface area (Å²) in [7, 11) is 1.87. The van der Waals surface area contributed by atoms with Crippen LogP contribution in [-0.2, 0) is 6.42 Å². The Morgan fingerprint density at radius 2 is 1.05 bits per heavy atom. The Balaban J connectivity index is -0.000000251. The quantitative estimate of drug-likeness (QED) is 0.0763. The molecule has 0 radical (unpaired) electrons. The molecule has 0 aromatic heterocycles. The van der Waals surface area contributed by atoms with Gasteiger partial charge in [0.05, 0.1) is 0 Å². The zero-order valence-electron chi connectivity index (χ0n) is 29.1. The number of allylic oxidation sites excluding steroid dienone is 3. The molecule has 1 unspecified atom stereocenters. The summed E-state index contributed by atoms with van der Waals surface area (Å²) in [6.07, 6.45) is 28.9. The molecule has 1 aromatic carbocycles. The summed E-state index contributed by atoms with van der Waals surface area (Å²) < 4.78 is 0. The maximum Gasteiger partial charge on any atom is 0.0430 e. The number of aryl methyl sites for hydroxylation is 2. The monoisotopic (exact) mass is 559 g/mol. The van der Waals surface area contributed by atoms with Gasteiger partial charge in [-0.25, -0.2) is 0 Å². The van der Waals surface area contributed by atoms with Gasteiger partial charge in [-0.15, -0.1) is 6.58 Å². The van der Waals surface area contributed by atoms with Crippen LogP contribution in [0.5, 0.6) is 0 Å². The Bertz CT molecular complexity index is 598. The van der Waals surface area contributed by atoms with E-state index in [-0.39, 0.29) is 6.04 Å². The Morgan fingerprint density at radius 1 is 0.675 bits per heavy atom. The van der Waals surface area contributed by atoms with E-state index < -0.39 is 0 Å². The highest BCUT2D eigenvalue weighted by Crippen LogP contribution is 2.13. The summed E-state index contributed by atoms with van der Waals surface area (Å²) in [4.78, 5) is 0. The molecular weight excluding hydrogens is 484 g/mol. The van der Waals surface area contributed by atoms with E-state index in [2.05, 4.69) is 69.9 Å². The molecule has 40 heavy (non-hydrogen) atoms. The lowest BCUT2D eigenvalue weighted by Gasteiger charge is -2.14. The largest absolute Gasteiger partial charge is 0.260 e. The Morgan fingerprint density at radius 3 is 1.30 bits per heavy atom. The smallest absolute Gasteiger partial charge is 0.0430 e. The summed E-state index contributed by atoms with van der Waals surface area (Å²) in [5, 5.41) is 0. The van der Waals surface area contributed by atoms with Gasteiger partial charge in [-0.2, -0.15) is 0 Å². The molecule has 1 rings (SSSR count). The molecule has 0 saturated heterocycles. The molecule has 2 heteroatoms. The normalized spacial score (nSPS) is 10.4. The van der Waals surface area contributed by atoms with E-state index in [0.29, 0.717) is 0 Å². The highest BCUT2D eigenvalue weighted by atomic mass is 15.3. The van der Waals surface area contributed by atoms with Crippen LogP contribution in [0.15, 0.2) is 55.7 Å². The van der Waals surface area contributed by atoms with E-state index in [1.165, 1.54) is 107 Å². The molecule has 2 N–H and O–H groups in total. The molecule has 0 aliphatic rings. The molecule has 1 aromatic rings. The predicted octanol–water partition coefficient (Wildman–Crippen LogP) is 12.4. The number of unbranched alkanes of at least 4 members (excludes halogenated alkanes) is 13. The van der Waals surface area contributed by atoms with Crippen molar-refractivity contribution >= 4 is 0 Å². The SMILES string of the molecule is C=C/C=C\C.C=CC(Cc1cc(C)cc(C)c1)NNC.CC.CC.CCCCCCCCCCCCCCCC. The van der Waals surface area contributed by atoms with Crippen molar-refractivity contribution in [2.75, 3.05) is 7.05 Å².